The molecule has 0 bridgehead atoms. The lowest BCUT2D eigenvalue weighted by Crippen LogP contribution is -2.17. The summed E-state index contributed by atoms with van der Waals surface area (Å²) < 4.78 is 11.3. The lowest BCUT2D eigenvalue weighted by molar-refractivity contribution is -0.143. The molecule has 4 heteroatoms. The van der Waals surface area contributed by atoms with Crippen LogP contribution in [0.1, 0.15) is 23.8 Å². The van der Waals surface area contributed by atoms with Crippen molar-refractivity contribution < 1.29 is 19.1 Å². The van der Waals surface area contributed by atoms with Crippen molar-refractivity contribution in [2.75, 3.05) is 6.61 Å². The summed E-state index contributed by atoms with van der Waals surface area (Å²) in [5.74, 6) is -0.541. The third-order valence-corrected chi connectivity index (χ3v) is 3.51. The fraction of sp³-hybridized carbons (Fsp3) is 0.357. The van der Waals surface area contributed by atoms with E-state index >= 15 is 0 Å². The smallest absolute Gasteiger partial charge is 0.309 e. The van der Waals surface area contributed by atoms with Gasteiger partial charge in [0.15, 0.2) is 0 Å². The second-order valence-corrected chi connectivity index (χ2v) is 4.59. The van der Waals surface area contributed by atoms with Gasteiger partial charge < -0.3 is 14.3 Å². The first-order valence-corrected chi connectivity index (χ1v) is 6.01. The van der Waals surface area contributed by atoms with Crippen LogP contribution in [-0.2, 0) is 9.53 Å². The number of carbonyl (C=O) groups is 1. The number of aryl methyl sites for hydroxylation is 1. The number of para-hydroxylation sites is 1. The SMILES string of the molecule is Cc1oc2ccccc2c1C1OCCC1C(=O)O. The average molecular weight is 246 g/mol. The van der Waals surface area contributed by atoms with E-state index in [1.807, 2.05) is 31.2 Å². The van der Waals surface area contributed by atoms with Gasteiger partial charge in [0.2, 0.25) is 0 Å². The first-order valence-electron chi connectivity index (χ1n) is 6.01. The predicted octanol–water partition coefficient (Wildman–Crippen LogP) is 2.90. The number of rotatable bonds is 2. The summed E-state index contributed by atoms with van der Waals surface area (Å²) in [4.78, 5) is 11.2. The summed E-state index contributed by atoms with van der Waals surface area (Å²) in [6, 6.07) is 7.66. The molecule has 1 aromatic carbocycles. The molecular formula is C14H14O4. The van der Waals surface area contributed by atoms with Crippen LogP contribution in [0.2, 0.25) is 0 Å². The summed E-state index contributed by atoms with van der Waals surface area (Å²) >= 11 is 0. The van der Waals surface area contributed by atoms with Crippen LogP contribution < -0.4 is 0 Å². The van der Waals surface area contributed by atoms with Crippen molar-refractivity contribution in [3.8, 4) is 0 Å². The minimum absolute atomic E-state index is 0.397. The Hall–Kier alpha value is -1.81. The molecule has 0 radical (unpaired) electrons. The van der Waals surface area contributed by atoms with Crippen LogP contribution in [0.3, 0.4) is 0 Å². The highest BCUT2D eigenvalue weighted by Gasteiger charge is 2.38. The van der Waals surface area contributed by atoms with Gasteiger partial charge in [-0.2, -0.15) is 0 Å². The number of benzene rings is 1. The van der Waals surface area contributed by atoms with Crippen LogP contribution in [0.25, 0.3) is 11.0 Å². The van der Waals surface area contributed by atoms with E-state index in [9.17, 15) is 9.90 Å². The van der Waals surface area contributed by atoms with Crippen molar-refractivity contribution in [1.82, 2.24) is 0 Å². The number of hydrogen-bond donors (Lipinski definition) is 1. The second kappa shape index (κ2) is 4.14. The van der Waals surface area contributed by atoms with Crippen molar-refractivity contribution in [1.29, 1.82) is 0 Å². The first-order chi connectivity index (χ1) is 8.68. The number of hydrogen-bond acceptors (Lipinski definition) is 3. The van der Waals surface area contributed by atoms with Gasteiger partial charge in [0.1, 0.15) is 11.3 Å². The van der Waals surface area contributed by atoms with Crippen molar-refractivity contribution in [3.05, 3.63) is 35.6 Å². The molecule has 0 spiro atoms. The number of carboxylic acid groups (broad SMARTS) is 1. The molecule has 1 N–H and O–H groups in total. The number of fused-ring (bicyclic) bond motifs is 1. The van der Waals surface area contributed by atoms with Gasteiger partial charge in [0.25, 0.3) is 0 Å². The fourth-order valence-corrected chi connectivity index (χ4v) is 2.67. The van der Waals surface area contributed by atoms with Crippen LogP contribution in [0, 0.1) is 12.8 Å². The number of ether oxygens (including phenoxy) is 1. The Morgan fingerprint density at radius 2 is 2.17 bits per heavy atom. The van der Waals surface area contributed by atoms with Crippen molar-refractivity contribution in [3.63, 3.8) is 0 Å². The Morgan fingerprint density at radius 3 is 2.94 bits per heavy atom. The van der Waals surface area contributed by atoms with Gasteiger partial charge in [-0.15, -0.1) is 0 Å². The van der Waals surface area contributed by atoms with Crippen LogP contribution >= 0.6 is 0 Å². The largest absolute Gasteiger partial charge is 0.481 e. The van der Waals surface area contributed by atoms with Gasteiger partial charge in [-0.05, 0) is 19.4 Å². The van der Waals surface area contributed by atoms with Crippen LogP contribution in [0.5, 0.6) is 0 Å². The molecule has 1 fully saturated rings. The van der Waals surface area contributed by atoms with Crippen LogP contribution in [0.4, 0.5) is 0 Å². The quantitative estimate of drug-likeness (QED) is 0.885. The van der Waals surface area contributed by atoms with Gasteiger partial charge >= 0.3 is 5.97 Å². The van der Waals surface area contributed by atoms with Gasteiger partial charge in [0.05, 0.1) is 12.0 Å². The first kappa shape index (κ1) is 11.3. The van der Waals surface area contributed by atoms with Crippen LogP contribution in [-0.4, -0.2) is 17.7 Å². The molecular weight excluding hydrogens is 232 g/mol. The Bertz CT molecular complexity index is 599. The Labute approximate surface area is 104 Å². The van der Waals surface area contributed by atoms with Crippen molar-refractivity contribution in [2.45, 2.75) is 19.4 Å². The van der Waals surface area contributed by atoms with E-state index in [2.05, 4.69) is 0 Å². The Kier molecular flexibility index (Phi) is 2.59. The van der Waals surface area contributed by atoms with E-state index in [4.69, 9.17) is 9.15 Å². The second-order valence-electron chi connectivity index (χ2n) is 4.59. The zero-order chi connectivity index (χ0) is 12.7. The summed E-state index contributed by atoms with van der Waals surface area (Å²) in [7, 11) is 0. The predicted molar refractivity (Wildman–Crippen MR) is 65.4 cm³/mol. The van der Waals surface area contributed by atoms with Crippen molar-refractivity contribution >= 4 is 16.9 Å². The molecule has 1 aromatic heterocycles. The molecule has 2 unspecified atom stereocenters. The molecule has 3 rings (SSSR count). The number of carboxylic acids is 1. The van der Waals surface area contributed by atoms with E-state index < -0.39 is 18.0 Å². The highest BCUT2D eigenvalue weighted by atomic mass is 16.5. The summed E-state index contributed by atoms with van der Waals surface area (Å²) in [6.07, 6.45) is 0.157. The Balaban J connectivity index is 2.13. The lowest BCUT2D eigenvalue weighted by Gasteiger charge is -2.14. The third-order valence-electron chi connectivity index (χ3n) is 3.51. The lowest BCUT2D eigenvalue weighted by atomic mass is 9.93. The molecule has 0 aliphatic carbocycles. The van der Waals surface area contributed by atoms with E-state index in [0.29, 0.717) is 13.0 Å². The number of aliphatic carboxylic acids is 1. The molecule has 94 valence electrons. The molecule has 1 aliphatic heterocycles. The van der Waals surface area contributed by atoms with Gasteiger partial charge in [0, 0.05) is 17.6 Å². The summed E-state index contributed by atoms with van der Waals surface area (Å²) in [6.45, 7) is 2.34. The molecule has 2 aromatic rings. The maximum Gasteiger partial charge on any atom is 0.309 e. The van der Waals surface area contributed by atoms with E-state index in [-0.39, 0.29) is 0 Å². The monoisotopic (exact) mass is 246 g/mol. The maximum absolute atomic E-state index is 11.2. The highest BCUT2D eigenvalue weighted by molar-refractivity contribution is 5.84. The molecule has 0 amide bonds. The van der Waals surface area contributed by atoms with Gasteiger partial charge in [-0.3, -0.25) is 4.79 Å². The van der Waals surface area contributed by atoms with Gasteiger partial charge in [-0.1, -0.05) is 18.2 Å². The van der Waals surface area contributed by atoms with Gasteiger partial charge in [-0.25, -0.2) is 0 Å². The topological polar surface area (TPSA) is 59.7 Å². The minimum Gasteiger partial charge on any atom is -0.481 e. The van der Waals surface area contributed by atoms with E-state index in [1.54, 1.807) is 0 Å². The molecule has 0 saturated carbocycles. The number of furan rings is 1. The molecule has 1 saturated heterocycles. The van der Waals surface area contributed by atoms with Crippen LogP contribution in [0.15, 0.2) is 28.7 Å². The third kappa shape index (κ3) is 1.61. The minimum atomic E-state index is -0.804. The Morgan fingerprint density at radius 1 is 1.39 bits per heavy atom. The summed E-state index contributed by atoms with van der Waals surface area (Å²) in [5, 5.41) is 10.2. The van der Waals surface area contributed by atoms with E-state index in [0.717, 1.165) is 22.3 Å². The van der Waals surface area contributed by atoms with Crippen molar-refractivity contribution in [2.24, 2.45) is 5.92 Å². The highest BCUT2D eigenvalue weighted by Crippen LogP contribution is 2.41. The zero-order valence-electron chi connectivity index (χ0n) is 10.1. The molecule has 4 nitrogen and oxygen atoms in total. The molecule has 2 atom stereocenters. The molecule has 1 aliphatic rings. The van der Waals surface area contributed by atoms with E-state index in [1.165, 1.54) is 0 Å². The fourth-order valence-electron chi connectivity index (χ4n) is 2.67. The summed E-state index contributed by atoms with van der Waals surface area (Å²) in [5.41, 5.74) is 1.67. The normalized spacial score (nSPS) is 23.6. The standard InChI is InChI=1S/C14H14O4/c1-8-12(9-4-2-3-5-11(9)18-8)13-10(14(15)16)6-7-17-13/h2-5,10,13H,6-7H2,1H3,(H,15,16). The molecule has 2 heterocycles. The maximum atomic E-state index is 11.2. The molecule has 18 heavy (non-hydrogen) atoms. The zero-order valence-corrected chi connectivity index (χ0v) is 10.1. The average Bonchev–Trinajstić information content (AvgIpc) is 2.91.